The van der Waals surface area contributed by atoms with E-state index in [1.165, 1.54) is 0 Å². The van der Waals surface area contributed by atoms with Crippen LogP contribution in [-0.2, 0) is 14.3 Å². The second-order valence-electron chi connectivity index (χ2n) is 4.43. The molecule has 0 bridgehead atoms. The van der Waals surface area contributed by atoms with Crippen LogP contribution < -0.4 is 5.73 Å². The first-order valence-electron chi connectivity index (χ1n) is 5.45. The summed E-state index contributed by atoms with van der Waals surface area (Å²) < 4.78 is 42.8. The molecule has 8 heteroatoms. The molecule has 0 aromatic heterocycles. The maximum Gasteiger partial charge on any atom is 0.490 e. The van der Waals surface area contributed by atoms with Gasteiger partial charge in [-0.15, -0.1) is 0 Å². The quantitative estimate of drug-likeness (QED) is 0.747. The number of aliphatic carboxylic acids is 1. The van der Waals surface area contributed by atoms with Gasteiger partial charge in [-0.2, -0.15) is 13.2 Å². The Labute approximate surface area is 102 Å². The van der Waals surface area contributed by atoms with E-state index in [-0.39, 0.29) is 11.2 Å². The molecular formula is C10H16F3NO4. The first kappa shape index (κ1) is 15.2. The summed E-state index contributed by atoms with van der Waals surface area (Å²) in [4.78, 5) is 8.90. The zero-order valence-corrected chi connectivity index (χ0v) is 9.92. The maximum atomic E-state index is 10.6. The van der Waals surface area contributed by atoms with Crippen LogP contribution in [0.1, 0.15) is 19.8 Å². The molecule has 2 saturated heterocycles. The van der Waals surface area contributed by atoms with Crippen molar-refractivity contribution in [1.29, 1.82) is 0 Å². The van der Waals surface area contributed by atoms with E-state index in [0.29, 0.717) is 6.54 Å². The summed E-state index contributed by atoms with van der Waals surface area (Å²) >= 11 is 0. The number of fused-ring (bicyclic) bond motifs is 1. The van der Waals surface area contributed by atoms with Gasteiger partial charge in [0.15, 0.2) is 5.79 Å². The van der Waals surface area contributed by atoms with Crippen molar-refractivity contribution in [2.24, 2.45) is 11.1 Å². The smallest absolute Gasteiger partial charge is 0.475 e. The van der Waals surface area contributed by atoms with Gasteiger partial charge >= 0.3 is 12.1 Å². The summed E-state index contributed by atoms with van der Waals surface area (Å²) in [7, 11) is 0. The van der Waals surface area contributed by atoms with Crippen molar-refractivity contribution in [2.45, 2.75) is 31.7 Å². The molecule has 18 heavy (non-hydrogen) atoms. The number of hydrogen-bond donors (Lipinski definition) is 2. The zero-order valence-electron chi connectivity index (χ0n) is 9.92. The highest BCUT2D eigenvalue weighted by atomic mass is 19.4. The minimum atomic E-state index is -5.08. The Morgan fingerprint density at radius 2 is 1.72 bits per heavy atom. The number of ether oxygens (including phenoxy) is 2. The highest BCUT2D eigenvalue weighted by molar-refractivity contribution is 5.73. The standard InChI is InChI=1S/C8H15NO2.C2HF3O2/c1-7-8(6-9,2-4-10-7)3-5-11-7;3-2(4,5)1(6)7/h2-6,9H2,1H3;(H,6,7). The molecule has 0 aromatic carbocycles. The third-order valence-electron chi connectivity index (χ3n) is 3.51. The third-order valence-corrected chi connectivity index (χ3v) is 3.51. The van der Waals surface area contributed by atoms with E-state index in [9.17, 15) is 13.2 Å². The molecule has 0 aliphatic carbocycles. The first-order valence-corrected chi connectivity index (χ1v) is 5.45. The van der Waals surface area contributed by atoms with E-state index >= 15 is 0 Å². The van der Waals surface area contributed by atoms with Crippen molar-refractivity contribution in [1.82, 2.24) is 0 Å². The van der Waals surface area contributed by atoms with E-state index in [1.54, 1.807) is 0 Å². The minimum Gasteiger partial charge on any atom is -0.475 e. The van der Waals surface area contributed by atoms with Crippen LogP contribution in [0.25, 0.3) is 0 Å². The second kappa shape index (κ2) is 5.02. The fraction of sp³-hybridized carbons (Fsp3) is 0.900. The number of carboxylic acids is 1. The number of nitrogens with two attached hydrogens (primary N) is 1. The SMILES string of the molecule is CC12OCCC1(CN)CCO2.O=C(O)C(F)(F)F. The van der Waals surface area contributed by atoms with E-state index in [0.717, 1.165) is 26.1 Å². The topological polar surface area (TPSA) is 81.8 Å². The number of rotatable bonds is 1. The summed E-state index contributed by atoms with van der Waals surface area (Å²) in [5, 5.41) is 7.12. The first-order chi connectivity index (χ1) is 8.17. The van der Waals surface area contributed by atoms with E-state index in [4.69, 9.17) is 25.1 Å². The molecule has 0 atom stereocenters. The molecule has 2 aliphatic heterocycles. The number of alkyl halides is 3. The molecule has 0 amide bonds. The summed E-state index contributed by atoms with van der Waals surface area (Å²) in [6.45, 7) is 4.30. The van der Waals surface area contributed by atoms with Gasteiger partial charge in [-0.1, -0.05) is 0 Å². The predicted octanol–water partition coefficient (Wildman–Crippen LogP) is 1.12. The fourth-order valence-electron chi connectivity index (χ4n) is 2.20. The molecule has 2 rings (SSSR count). The highest BCUT2D eigenvalue weighted by Crippen LogP contribution is 2.50. The Morgan fingerprint density at radius 3 is 1.94 bits per heavy atom. The van der Waals surface area contributed by atoms with Gasteiger partial charge in [0, 0.05) is 12.0 Å². The van der Waals surface area contributed by atoms with Crippen molar-refractivity contribution in [3.8, 4) is 0 Å². The number of carbonyl (C=O) groups is 1. The van der Waals surface area contributed by atoms with Gasteiger partial charge < -0.3 is 20.3 Å². The Kier molecular flexibility index (Phi) is 4.24. The Balaban J connectivity index is 0.000000203. The highest BCUT2D eigenvalue weighted by Gasteiger charge is 2.57. The van der Waals surface area contributed by atoms with Crippen molar-refractivity contribution >= 4 is 5.97 Å². The van der Waals surface area contributed by atoms with Gasteiger partial charge in [0.25, 0.3) is 0 Å². The zero-order chi connectivity index (χ0) is 14.0. The lowest BCUT2D eigenvalue weighted by Gasteiger charge is -2.32. The number of carboxylic acid groups (broad SMARTS) is 1. The summed E-state index contributed by atoms with van der Waals surface area (Å²) in [5.41, 5.74) is 5.85. The summed E-state index contributed by atoms with van der Waals surface area (Å²) in [5.74, 6) is -3.13. The summed E-state index contributed by atoms with van der Waals surface area (Å²) in [6.07, 6.45) is -2.97. The van der Waals surface area contributed by atoms with Crippen LogP contribution in [0.3, 0.4) is 0 Å². The van der Waals surface area contributed by atoms with Gasteiger partial charge in [-0.3, -0.25) is 0 Å². The van der Waals surface area contributed by atoms with Gasteiger partial charge in [0.2, 0.25) is 0 Å². The van der Waals surface area contributed by atoms with Crippen molar-refractivity contribution in [2.75, 3.05) is 19.8 Å². The van der Waals surface area contributed by atoms with Crippen molar-refractivity contribution in [3.63, 3.8) is 0 Å². The molecule has 5 nitrogen and oxygen atoms in total. The molecule has 0 unspecified atom stereocenters. The molecule has 0 spiro atoms. The predicted molar refractivity (Wildman–Crippen MR) is 54.7 cm³/mol. The van der Waals surface area contributed by atoms with Crippen LogP contribution in [-0.4, -0.2) is 42.8 Å². The van der Waals surface area contributed by atoms with Crippen LogP contribution in [0.5, 0.6) is 0 Å². The Morgan fingerprint density at radius 1 is 1.33 bits per heavy atom. The molecule has 2 fully saturated rings. The molecule has 106 valence electrons. The molecule has 2 aliphatic rings. The minimum absolute atomic E-state index is 0.118. The lowest BCUT2D eigenvalue weighted by atomic mass is 9.78. The Hall–Kier alpha value is -0.860. The van der Waals surface area contributed by atoms with Crippen molar-refractivity contribution < 1.29 is 32.5 Å². The van der Waals surface area contributed by atoms with Crippen LogP contribution in [0.4, 0.5) is 13.2 Å². The number of halogens is 3. The molecular weight excluding hydrogens is 255 g/mol. The van der Waals surface area contributed by atoms with E-state index in [1.807, 2.05) is 6.92 Å². The monoisotopic (exact) mass is 271 g/mol. The van der Waals surface area contributed by atoms with E-state index in [2.05, 4.69) is 0 Å². The third kappa shape index (κ3) is 2.76. The Bertz CT molecular complexity index is 309. The second-order valence-corrected chi connectivity index (χ2v) is 4.43. The average Bonchev–Trinajstić information content (AvgIpc) is 2.70. The average molecular weight is 271 g/mol. The largest absolute Gasteiger partial charge is 0.490 e. The molecule has 3 N–H and O–H groups in total. The van der Waals surface area contributed by atoms with Gasteiger partial charge in [-0.05, 0) is 19.8 Å². The van der Waals surface area contributed by atoms with E-state index < -0.39 is 12.1 Å². The molecule has 0 aromatic rings. The van der Waals surface area contributed by atoms with Crippen LogP contribution in [0.15, 0.2) is 0 Å². The molecule has 0 saturated carbocycles. The van der Waals surface area contributed by atoms with Gasteiger partial charge in [-0.25, -0.2) is 4.79 Å². The fourth-order valence-corrected chi connectivity index (χ4v) is 2.20. The maximum absolute atomic E-state index is 10.6. The number of hydrogen-bond acceptors (Lipinski definition) is 4. The van der Waals surface area contributed by atoms with Gasteiger partial charge in [0.1, 0.15) is 0 Å². The van der Waals surface area contributed by atoms with Crippen molar-refractivity contribution in [3.05, 3.63) is 0 Å². The lowest BCUT2D eigenvalue weighted by Crippen LogP contribution is -2.43. The normalized spacial score (nSPS) is 34.7. The summed E-state index contributed by atoms with van der Waals surface area (Å²) in [6, 6.07) is 0. The van der Waals surface area contributed by atoms with Crippen LogP contribution in [0, 0.1) is 5.41 Å². The van der Waals surface area contributed by atoms with Crippen LogP contribution in [0.2, 0.25) is 0 Å². The lowest BCUT2D eigenvalue weighted by molar-refractivity contribution is -0.201. The molecule has 2 heterocycles. The van der Waals surface area contributed by atoms with Gasteiger partial charge in [0.05, 0.1) is 13.2 Å². The van der Waals surface area contributed by atoms with Crippen LogP contribution >= 0.6 is 0 Å². The molecule has 0 radical (unpaired) electrons.